The van der Waals surface area contributed by atoms with Gasteiger partial charge in [0.15, 0.2) is 0 Å². The van der Waals surface area contributed by atoms with E-state index in [0.717, 1.165) is 6.20 Å². The monoisotopic (exact) mass is 231 g/mol. The fourth-order valence-corrected chi connectivity index (χ4v) is 1.40. The highest BCUT2D eigenvalue weighted by Crippen LogP contribution is 2.27. The highest BCUT2D eigenvalue weighted by Gasteiger charge is 2.19. The van der Waals surface area contributed by atoms with E-state index in [-0.39, 0.29) is 29.1 Å². The molecule has 0 unspecified atom stereocenters. The van der Waals surface area contributed by atoms with Gasteiger partial charge < -0.3 is 16.6 Å². The number of nitrogens with zero attached hydrogens (tertiary/aromatic N) is 1. The Morgan fingerprint density at radius 2 is 2.12 bits per heavy atom. The first-order chi connectivity index (χ1) is 7.47. The summed E-state index contributed by atoms with van der Waals surface area (Å²) < 4.78 is 25.2. The number of hydrogen-bond acceptors (Lipinski definition) is 4. The zero-order valence-corrected chi connectivity index (χ0v) is 8.28. The minimum absolute atomic E-state index is 0.0601. The van der Waals surface area contributed by atoms with Crippen LogP contribution in [0.1, 0.15) is 23.1 Å². The molecule has 0 bridgehead atoms. The largest absolute Gasteiger partial charge is 0.481 e. The van der Waals surface area contributed by atoms with Crippen LogP contribution in [-0.2, 0) is 17.8 Å². The molecule has 0 radical (unpaired) electrons. The van der Waals surface area contributed by atoms with Gasteiger partial charge >= 0.3 is 5.97 Å². The Kier molecular flexibility index (Phi) is 3.73. The van der Waals surface area contributed by atoms with Gasteiger partial charge in [-0.2, -0.15) is 0 Å². The van der Waals surface area contributed by atoms with Crippen molar-refractivity contribution in [3.63, 3.8) is 0 Å². The van der Waals surface area contributed by atoms with Crippen LogP contribution in [0.15, 0.2) is 6.20 Å². The molecule has 0 spiro atoms. The third-order valence-electron chi connectivity index (χ3n) is 2.13. The summed E-state index contributed by atoms with van der Waals surface area (Å²) in [5.41, 5.74) is 10.5. The number of hydrogen-bond donors (Lipinski definition) is 3. The molecule has 0 amide bonds. The molecular formula is C9H11F2N3O2. The molecule has 1 aromatic heterocycles. The van der Waals surface area contributed by atoms with E-state index < -0.39 is 18.8 Å². The Hall–Kier alpha value is -1.76. The van der Waals surface area contributed by atoms with Crippen molar-refractivity contribution in [2.75, 3.05) is 5.73 Å². The Labute approximate surface area is 90.1 Å². The minimum Gasteiger partial charge on any atom is -0.481 e. The molecular weight excluding hydrogens is 220 g/mol. The molecule has 0 aliphatic carbocycles. The maximum absolute atomic E-state index is 12.6. The van der Waals surface area contributed by atoms with Crippen molar-refractivity contribution in [1.29, 1.82) is 0 Å². The summed E-state index contributed by atoms with van der Waals surface area (Å²) in [5, 5.41) is 8.63. The first-order valence-electron chi connectivity index (χ1n) is 4.43. The number of halogens is 2. The van der Waals surface area contributed by atoms with Gasteiger partial charge in [-0.25, -0.2) is 13.8 Å². The van der Waals surface area contributed by atoms with Gasteiger partial charge in [-0.3, -0.25) is 4.79 Å². The lowest BCUT2D eigenvalue weighted by atomic mass is 10.0. The number of alkyl halides is 2. The summed E-state index contributed by atoms with van der Waals surface area (Å²) in [6, 6.07) is 0. The SMILES string of the molecule is NCc1c(C(F)F)cnc(N)c1CC(=O)O. The predicted octanol–water partition coefficient (Wildman–Crippen LogP) is 0.687. The number of nitrogen functional groups attached to an aromatic ring is 1. The fourth-order valence-electron chi connectivity index (χ4n) is 1.40. The molecule has 88 valence electrons. The standard InChI is InChI=1S/C9H11F2N3O2/c10-8(11)6-3-14-9(13)4(1-7(15)16)5(6)2-12/h3,8H,1-2,12H2,(H2,13,14)(H,15,16). The lowest BCUT2D eigenvalue weighted by molar-refractivity contribution is -0.136. The van der Waals surface area contributed by atoms with Crippen LogP contribution in [0.3, 0.4) is 0 Å². The molecule has 0 aliphatic heterocycles. The van der Waals surface area contributed by atoms with Crippen LogP contribution in [0.4, 0.5) is 14.6 Å². The number of carboxylic acid groups (broad SMARTS) is 1. The van der Waals surface area contributed by atoms with E-state index in [9.17, 15) is 13.6 Å². The van der Waals surface area contributed by atoms with Crippen LogP contribution in [0.5, 0.6) is 0 Å². The average Bonchev–Trinajstić information content (AvgIpc) is 2.19. The summed E-state index contributed by atoms with van der Waals surface area (Å²) in [4.78, 5) is 14.1. The molecule has 1 aromatic rings. The second-order valence-corrected chi connectivity index (χ2v) is 3.13. The predicted molar refractivity (Wildman–Crippen MR) is 52.8 cm³/mol. The molecule has 7 heteroatoms. The van der Waals surface area contributed by atoms with Gasteiger partial charge in [0, 0.05) is 23.9 Å². The molecule has 0 aromatic carbocycles. The highest BCUT2D eigenvalue weighted by atomic mass is 19.3. The first-order valence-corrected chi connectivity index (χ1v) is 4.43. The van der Waals surface area contributed by atoms with E-state index in [4.69, 9.17) is 16.6 Å². The molecule has 1 heterocycles. The van der Waals surface area contributed by atoms with Crippen molar-refractivity contribution < 1.29 is 18.7 Å². The molecule has 5 nitrogen and oxygen atoms in total. The number of aromatic nitrogens is 1. The van der Waals surface area contributed by atoms with E-state index >= 15 is 0 Å². The molecule has 0 atom stereocenters. The topological polar surface area (TPSA) is 102 Å². The maximum Gasteiger partial charge on any atom is 0.307 e. The summed E-state index contributed by atoms with van der Waals surface area (Å²) in [6.45, 7) is -0.199. The number of nitrogens with two attached hydrogens (primary N) is 2. The van der Waals surface area contributed by atoms with Gasteiger partial charge in [0.05, 0.1) is 6.42 Å². The maximum atomic E-state index is 12.6. The zero-order valence-electron chi connectivity index (χ0n) is 8.28. The first kappa shape index (κ1) is 12.3. The summed E-state index contributed by atoms with van der Waals surface area (Å²) in [6.07, 6.45) is -2.29. The van der Waals surface area contributed by atoms with Gasteiger partial charge in [0.2, 0.25) is 0 Å². The second-order valence-electron chi connectivity index (χ2n) is 3.13. The minimum atomic E-state index is -2.75. The van der Waals surface area contributed by atoms with Crippen molar-refractivity contribution >= 4 is 11.8 Å². The molecule has 16 heavy (non-hydrogen) atoms. The number of rotatable bonds is 4. The number of carboxylic acids is 1. The average molecular weight is 231 g/mol. The molecule has 0 fully saturated rings. The zero-order chi connectivity index (χ0) is 12.3. The smallest absolute Gasteiger partial charge is 0.307 e. The molecule has 1 rings (SSSR count). The van der Waals surface area contributed by atoms with Crippen LogP contribution < -0.4 is 11.5 Å². The fraction of sp³-hybridized carbons (Fsp3) is 0.333. The van der Waals surface area contributed by atoms with Crippen molar-refractivity contribution in [3.05, 3.63) is 22.9 Å². The summed E-state index contributed by atoms with van der Waals surface area (Å²) in [5.74, 6) is -1.25. The molecule has 5 N–H and O–H groups in total. The molecule has 0 saturated carbocycles. The van der Waals surface area contributed by atoms with Crippen LogP contribution in [-0.4, -0.2) is 16.1 Å². The number of carbonyl (C=O) groups is 1. The van der Waals surface area contributed by atoms with Gasteiger partial charge in [-0.1, -0.05) is 0 Å². The Bertz CT molecular complexity index is 410. The molecule has 0 aliphatic rings. The Morgan fingerprint density at radius 1 is 1.50 bits per heavy atom. The Balaban J connectivity index is 3.32. The van der Waals surface area contributed by atoms with Crippen molar-refractivity contribution in [3.8, 4) is 0 Å². The van der Waals surface area contributed by atoms with Gasteiger partial charge in [0.25, 0.3) is 6.43 Å². The second kappa shape index (κ2) is 4.84. The van der Waals surface area contributed by atoms with Crippen LogP contribution in [0.25, 0.3) is 0 Å². The van der Waals surface area contributed by atoms with Gasteiger partial charge in [-0.15, -0.1) is 0 Å². The van der Waals surface area contributed by atoms with E-state index in [1.165, 1.54) is 0 Å². The van der Waals surface area contributed by atoms with E-state index in [2.05, 4.69) is 4.98 Å². The van der Waals surface area contributed by atoms with Crippen molar-refractivity contribution in [1.82, 2.24) is 4.98 Å². The number of anilines is 1. The molecule has 0 saturated heterocycles. The van der Waals surface area contributed by atoms with Crippen molar-refractivity contribution in [2.45, 2.75) is 19.4 Å². The third-order valence-corrected chi connectivity index (χ3v) is 2.13. The Morgan fingerprint density at radius 3 is 2.56 bits per heavy atom. The van der Waals surface area contributed by atoms with Crippen molar-refractivity contribution in [2.24, 2.45) is 5.73 Å². The van der Waals surface area contributed by atoms with Crippen LogP contribution >= 0.6 is 0 Å². The normalized spacial score (nSPS) is 10.8. The van der Waals surface area contributed by atoms with E-state index in [0.29, 0.717) is 0 Å². The lowest BCUT2D eigenvalue weighted by Gasteiger charge is -2.13. The van der Waals surface area contributed by atoms with Gasteiger partial charge in [0.1, 0.15) is 5.82 Å². The lowest BCUT2D eigenvalue weighted by Crippen LogP contribution is -2.14. The summed E-state index contributed by atoms with van der Waals surface area (Å²) in [7, 11) is 0. The number of pyridine rings is 1. The van der Waals surface area contributed by atoms with Crippen LogP contribution in [0.2, 0.25) is 0 Å². The van der Waals surface area contributed by atoms with Gasteiger partial charge in [-0.05, 0) is 5.56 Å². The van der Waals surface area contributed by atoms with Crippen LogP contribution in [0, 0.1) is 0 Å². The summed E-state index contributed by atoms with van der Waals surface area (Å²) >= 11 is 0. The number of aliphatic carboxylic acids is 1. The quantitative estimate of drug-likeness (QED) is 0.707. The van der Waals surface area contributed by atoms with E-state index in [1.54, 1.807) is 0 Å². The highest BCUT2D eigenvalue weighted by molar-refractivity contribution is 5.73. The third kappa shape index (κ3) is 2.43. The van der Waals surface area contributed by atoms with E-state index in [1.807, 2.05) is 0 Å².